The lowest BCUT2D eigenvalue weighted by atomic mass is 10.1. The summed E-state index contributed by atoms with van der Waals surface area (Å²) in [6.45, 7) is 1.47. The molecular weight excluding hydrogens is 304 g/mol. The molecule has 0 aliphatic heterocycles. The highest BCUT2D eigenvalue weighted by atomic mass is 16.4. The normalized spacial score (nSPS) is 11.5. The second-order valence-corrected chi connectivity index (χ2v) is 5.32. The van der Waals surface area contributed by atoms with Crippen molar-refractivity contribution < 1.29 is 10.3 Å². The summed E-state index contributed by atoms with van der Waals surface area (Å²) in [6, 6.07) is 20.0. The van der Waals surface area contributed by atoms with Gasteiger partial charge in [0.1, 0.15) is 11.3 Å². The van der Waals surface area contributed by atoms with Gasteiger partial charge in [0.15, 0.2) is 0 Å². The van der Waals surface area contributed by atoms with E-state index in [1.54, 1.807) is 12.1 Å². The van der Waals surface area contributed by atoms with Gasteiger partial charge in [-0.3, -0.25) is 9.36 Å². The van der Waals surface area contributed by atoms with Crippen LogP contribution in [0.1, 0.15) is 12.5 Å². The van der Waals surface area contributed by atoms with Crippen molar-refractivity contribution in [3.63, 3.8) is 0 Å². The van der Waals surface area contributed by atoms with E-state index < -0.39 is 5.56 Å². The summed E-state index contributed by atoms with van der Waals surface area (Å²) >= 11 is 0. The summed E-state index contributed by atoms with van der Waals surface area (Å²) in [6.07, 6.45) is 0. The van der Waals surface area contributed by atoms with Gasteiger partial charge in [-0.15, -0.1) is 0 Å². The Balaban J connectivity index is 2.41. The van der Waals surface area contributed by atoms with Gasteiger partial charge in [0.05, 0.1) is 11.4 Å². The third-order valence-electron chi connectivity index (χ3n) is 3.78. The molecular formula is C19H16N2O3. The lowest BCUT2D eigenvalue weighted by Crippen LogP contribution is -2.26. The van der Waals surface area contributed by atoms with Gasteiger partial charge < -0.3 is 10.3 Å². The molecule has 0 fully saturated rings. The first-order chi connectivity index (χ1) is 11.6. The summed E-state index contributed by atoms with van der Waals surface area (Å²) in [5.74, 6) is -0.221. The SMILES string of the molecule is C/C(=N\O)c1c(O)cc(-c2ccccc2)n(-c2ccccc2)c1=O. The quantitative estimate of drug-likeness (QED) is 0.441. The van der Waals surface area contributed by atoms with Gasteiger partial charge in [0, 0.05) is 11.8 Å². The van der Waals surface area contributed by atoms with Crippen molar-refractivity contribution >= 4 is 5.71 Å². The number of hydrogen-bond donors (Lipinski definition) is 2. The molecule has 0 radical (unpaired) electrons. The smallest absolute Gasteiger partial charge is 0.268 e. The van der Waals surface area contributed by atoms with Crippen LogP contribution in [-0.4, -0.2) is 20.6 Å². The van der Waals surface area contributed by atoms with Crippen LogP contribution < -0.4 is 5.56 Å². The zero-order chi connectivity index (χ0) is 17.1. The Morgan fingerprint density at radius 1 is 1.00 bits per heavy atom. The van der Waals surface area contributed by atoms with Crippen LogP contribution in [0.25, 0.3) is 16.9 Å². The van der Waals surface area contributed by atoms with E-state index in [9.17, 15) is 9.90 Å². The van der Waals surface area contributed by atoms with Crippen molar-refractivity contribution in [1.82, 2.24) is 4.57 Å². The Labute approximate surface area is 138 Å². The van der Waals surface area contributed by atoms with E-state index in [0.717, 1.165) is 5.56 Å². The lowest BCUT2D eigenvalue weighted by molar-refractivity contribution is 0.318. The van der Waals surface area contributed by atoms with Crippen LogP contribution >= 0.6 is 0 Å². The van der Waals surface area contributed by atoms with Crippen LogP contribution in [0, 0.1) is 0 Å². The van der Waals surface area contributed by atoms with Crippen molar-refractivity contribution in [3.05, 3.63) is 82.6 Å². The van der Waals surface area contributed by atoms with Gasteiger partial charge in [0.25, 0.3) is 5.56 Å². The number of aromatic nitrogens is 1. The van der Waals surface area contributed by atoms with Gasteiger partial charge in [0.2, 0.25) is 0 Å². The van der Waals surface area contributed by atoms with Gasteiger partial charge in [-0.2, -0.15) is 0 Å². The van der Waals surface area contributed by atoms with Gasteiger partial charge in [-0.05, 0) is 24.6 Å². The van der Waals surface area contributed by atoms with E-state index in [4.69, 9.17) is 5.21 Å². The highest BCUT2D eigenvalue weighted by Crippen LogP contribution is 2.27. The minimum atomic E-state index is -0.449. The summed E-state index contributed by atoms with van der Waals surface area (Å²) in [5.41, 5.74) is 1.59. The van der Waals surface area contributed by atoms with Crippen LogP contribution in [0.15, 0.2) is 76.7 Å². The van der Waals surface area contributed by atoms with Crippen LogP contribution in [-0.2, 0) is 0 Å². The fourth-order valence-corrected chi connectivity index (χ4v) is 2.64. The monoisotopic (exact) mass is 320 g/mol. The standard InChI is InChI=1S/C19H16N2O3/c1-13(20-24)18-17(22)12-16(14-8-4-2-5-9-14)21(19(18)23)15-10-6-3-7-11-15/h2-12,22,24H,1H3/b20-13+. The number of hydrogen-bond acceptors (Lipinski definition) is 4. The van der Waals surface area contributed by atoms with E-state index in [-0.39, 0.29) is 17.0 Å². The van der Waals surface area contributed by atoms with E-state index in [1.165, 1.54) is 17.6 Å². The topological polar surface area (TPSA) is 74.8 Å². The fraction of sp³-hybridized carbons (Fsp3) is 0.0526. The Hall–Kier alpha value is -3.34. The maximum absolute atomic E-state index is 13.0. The predicted octanol–water partition coefficient (Wildman–Crippen LogP) is 3.41. The average molecular weight is 320 g/mol. The number of para-hydroxylation sites is 1. The van der Waals surface area contributed by atoms with Crippen LogP contribution in [0.2, 0.25) is 0 Å². The summed E-state index contributed by atoms with van der Waals surface area (Å²) in [5, 5.41) is 22.4. The molecule has 0 saturated carbocycles. The summed E-state index contributed by atoms with van der Waals surface area (Å²) < 4.78 is 1.50. The second-order valence-electron chi connectivity index (χ2n) is 5.32. The van der Waals surface area contributed by atoms with Crippen LogP contribution in [0.4, 0.5) is 0 Å². The number of nitrogens with zero attached hydrogens (tertiary/aromatic N) is 2. The van der Waals surface area contributed by atoms with E-state index in [2.05, 4.69) is 5.16 Å². The number of benzene rings is 2. The molecule has 5 heteroatoms. The number of aromatic hydroxyl groups is 1. The second kappa shape index (κ2) is 6.42. The third-order valence-corrected chi connectivity index (χ3v) is 3.78. The molecule has 1 heterocycles. The Morgan fingerprint density at radius 2 is 1.58 bits per heavy atom. The van der Waals surface area contributed by atoms with Gasteiger partial charge >= 0.3 is 0 Å². The van der Waals surface area contributed by atoms with E-state index in [1.807, 2.05) is 48.5 Å². The first-order valence-corrected chi connectivity index (χ1v) is 7.42. The predicted molar refractivity (Wildman–Crippen MR) is 93.1 cm³/mol. The molecule has 0 atom stereocenters. The molecule has 1 aromatic heterocycles. The van der Waals surface area contributed by atoms with Crippen LogP contribution in [0.5, 0.6) is 5.75 Å². The first kappa shape index (κ1) is 15.6. The van der Waals surface area contributed by atoms with Gasteiger partial charge in [-0.25, -0.2) is 0 Å². The number of oxime groups is 1. The molecule has 0 bridgehead atoms. The van der Waals surface area contributed by atoms with Crippen LogP contribution in [0.3, 0.4) is 0 Å². The van der Waals surface area contributed by atoms with Crippen molar-refractivity contribution in [2.45, 2.75) is 6.92 Å². The molecule has 0 amide bonds. The highest BCUT2D eigenvalue weighted by Gasteiger charge is 2.19. The first-order valence-electron chi connectivity index (χ1n) is 7.42. The zero-order valence-corrected chi connectivity index (χ0v) is 13.0. The maximum Gasteiger partial charge on any atom is 0.268 e. The molecule has 0 spiro atoms. The number of rotatable bonds is 3. The third kappa shape index (κ3) is 2.67. The summed E-state index contributed by atoms with van der Waals surface area (Å²) in [4.78, 5) is 13.0. The van der Waals surface area contributed by atoms with Gasteiger partial charge in [-0.1, -0.05) is 53.7 Å². The van der Waals surface area contributed by atoms with Crippen molar-refractivity contribution in [3.8, 4) is 22.7 Å². The van der Waals surface area contributed by atoms with Crippen molar-refractivity contribution in [2.24, 2.45) is 5.16 Å². The molecule has 0 unspecified atom stereocenters. The van der Waals surface area contributed by atoms with Crippen molar-refractivity contribution in [1.29, 1.82) is 0 Å². The fourth-order valence-electron chi connectivity index (χ4n) is 2.64. The molecule has 0 aliphatic carbocycles. The molecule has 5 nitrogen and oxygen atoms in total. The Morgan fingerprint density at radius 3 is 2.17 bits per heavy atom. The molecule has 0 saturated heterocycles. The number of pyridine rings is 1. The highest BCUT2D eigenvalue weighted by molar-refractivity contribution is 6.00. The minimum absolute atomic E-state index is 0.0268. The minimum Gasteiger partial charge on any atom is -0.507 e. The van der Waals surface area contributed by atoms with E-state index >= 15 is 0 Å². The molecule has 3 aromatic rings. The molecule has 120 valence electrons. The average Bonchev–Trinajstić information content (AvgIpc) is 2.62. The largest absolute Gasteiger partial charge is 0.507 e. The van der Waals surface area contributed by atoms with Crippen molar-refractivity contribution in [2.75, 3.05) is 0 Å². The molecule has 24 heavy (non-hydrogen) atoms. The molecule has 2 aromatic carbocycles. The Kier molecular flexibility index (Phi) is 4.16. The molecule has 2 N–H and O–H groups in total. The molecule has 0 aliphatic rings. The summed E-state index contributed by atoms with van der Waals surface area (Å²) in [7, 11) is 0. The Bertz CT molecular complexity index is 946. The maximum atomic E-state index is 13.0. The lowest BCUT2D eigenvalue weighted by Gasteiger charge is -2.16. The van der Waals surface area contributed by atoms with E-state index in [0.29, 0.717) is 11.4 Å². The molecule has 3 rings (SSSR count). The zero-order valence-electron chi connectivity index (χ0n) is 13.0.